The van der Waals surface area contributed by atoms with Gasteiger partial charge in [0, 0.05) is 12.1 Å². The lowest BCUT2D eigenvalue weighted by atomic mass is 10.1. The van der Waals surface area contributed by atoms with Gasteiger partial charge in [-0.1, -0.05) is 26.0 Å². The average molecular weight is 313 g/mol. The zero-order valence-electron chi connectivity index (χ0n) is 13.4. The Morgan fingerprint density at radius 2 is 1.96 bits per heavy atom. The van der Waals surface area contributed by atoms with Gasteiger partial charge in [-0.15, -0.1) is 0 Å². The Labute approximate surface area is 134 Å². The van der Waals surface area contributed by atoms with Gasteiger partial charge in [-0.3, -0.25) is 9.36 Å². The molecule has 23 heavy (non-hydrogen) atoms. The highest BCUT2D eigenvalue weighted by atomic mass is 16.5. The minimum Gasteiger partial charge on any atom is -0.461 e. The lowest BCUT2D eigenvalue weighted by Crippen LogP contribution is -2.37. The molecule has 1 aliphatic heterocycles. The van der Waals surface area contributed by atoms with Crippen molar-refractivity contribution >= 4 is 17.6 Å². The van der Waals surface area contributed by atoms with Gasteiger partial charge in [0.05, 0.1) is 24.5 Å². The second kappa shape index (κ2) is 5.87. The van der Waals surface area contributed by atoms with E-state index in [0.29, 0.717) is 19.0 Å². The van der Waals surface area contributed by atoms with Gasteiger partial charge in [0.2, 0.25) is 5.91 Å². The van der Waals surface area contributed by atoms with Gasteiger partial charge in [0.1, 0.15) is 5.82 Å². The highest BCUT2D eigenvalue weighted by molar-refractivity contribution is 5.97. The number of benzene rings is 1. The molecule has 1 aromatic heterocycles. The van der Waals surface area contributed by atoms with Crippen LogP contribution < -0.4 is 4.90 Å². The molecule has 0 fully saturated rings. The minimum absolute atomic E-state index is 0.0318. The van der Waals surface area contributed by atoms with Crippen LogP contribution in [0.1, 0.15) is 37.1 Å². The van der Waals surface area contributed by atoms with Crippen LogP contribution in [0.3, 0.4) is 0 Å². The minimum atomic E-state index is -0.450. The van der Waals surface area contributed by atoms with Crippen LogP contribution in [0.25, 0.3) is 5.69 Å². The van der Waals surface area contributed by atoms with E-state index in [0.717, 1.165) is 11.4 Å². The molecule has 0 saturated heterocycles. The lowest BCUT2D eigenvalue weighted by Gasteiger charge is -2.31. The van der Waals surface area contributed by atoms with Crippen LogP contribution in [0.15, 0.2) is 30.5 Å². The molecule has 2 heterocycles. The molecule has 120 valence electrons. The maximum absolute atomic E-state index is 12.5. The van der Waals surface area contributed by atoms with E-state index in [1.165, 1.54) is 0 Å². The van der Waals surface area contributed by atoms with Crippen LogP contribution in [-0.2, 0) is 16.1 Å². The first-order valence-corrected chi connectivity index (χ1v) is 7.69. The number of rotatable bonds is 3. The summed E-state index contributed by atoms with van der Waals surface area (Å²) in [6.45, 7) is 6.14. The Morgan fingerprint density at radius 1 is 1.26 bits per heavy atom. The Balaban J connectivity index is 2.07. The van der Waals surface area contributed by atoms with E-state index >= 15 is 0 Å². The first-order valence-electron chi connectivity index (χ1n) is 7.69. The third-order valence-corrected chi connectivity index (χ3v) is 3.76. The van der Waals surface area contributed by atoms with Crippen LogP contribution in [-0.4, -0.2) is 28.0 Å². The molecule has 0 saturated carbocycles. The maximum Gasteiger partial charge on any atom is 0.358 e. The number of anilines is 1. The van der Waals surface area contributed by atoms with Gasteiger partial charge >= 0.3 is 5.97 Å². The van der Waals surface area contributed by atoms with Crippen LogP contribution in [0, 0.1) is 5.92 Å². The van der Waals surface area contributed by atoms with E-state index in [1.807, 2.05) is 42.7 Å². The molecule has 0 aliphatic carbocycles. The summed E-state index contributed by atoms with van der Waals surface area (Å²) in [7, 11) is 0. The van der Waals surface area contributed by atoms with Crippen molar-refractivity contribution in [2.24, 2.45) is 5.92 Å². The second-order valence-electron chi connectivity index (χ2n) is 5.70. The third-order valence-electron chi connectivity index (χ3n) is 3.76. The molecule has 6 heteroatoms. The smallest absolute Gasteiger partial charge is 0.358 e. The van der Waals surface area contributed by atoms with Gasteiger partial charge in [-0.05, 0) is 19.1 Å². The Bertz CT molecular complexity index is 764. The lowest BCUT2D eigenvalue weighted by molar-refractivity contribution is -0.121. The van der Waals surface area contributed by atoms with E-state index in [2.05, 4.69) is 4.98 Å². The average Bonchev–Trinajstić information content (AvgIpc) is 2.98. The zero-order chi connectivity index (χ0) is 16.6. The summed E-state index contributed by atoms with van der Waals surface area (Å²) in [5.74, 6) is 0.118. The predicted molar refractivity (Wildman–Crippen MR) is 85.5 cm³/mol. The number of fused-ring (bicyclic) bond motifs is 3. The summed E-state index contributed by atoms with van der Waals surface area (Å²) in [4.78, 5) is 30.5. The number of hydrogen-bond donors (Lipinski definition) is 0. The Kier molecular flexibility index (Phi) is 3.90. The monoisotopic (exact) mass is 313 g/mol. The molecular formula is C17H19N3O3. The molecule has 0 N–H and O–H groups in total. The zero-order valence-corrected chi connectivity index (χ0v) is 13.4. The third kappa shape index (κ3) is 2.60. The molecule has 1 aliphatic rings. The molecule has 1 amide bonds. The first kappa shape index (κ1) is 15.3. The molecule has 2 aromatic rings. The molecule has 3 rings (SSSR count). The van der Waals surface area contributed by atoms with Crippen molar-refractivity contribution in [3.05, 3.63) is 42.0 Å². The van der Waals surface area contributed by atoms with Crippen molar-refractivity contribution in [1.29, 1.82) is 0 Å². The number of esters is 1. The van der Waals surface area contributed by atoms with Gasteiger partial charge in [-0.25, -0.2) is 9.78 Å². The summed E-state index contributed by atoms with van der Waals surface area (Å²) in [6.07, 6.45) is 1.67. The molecule has 0 atom stereocenters. The standard InChI is InChI=1S/C17H19N3O3/c1-4-23-17(22)12-9-19-13-7-5-6-8-14(13)20(10-15(19)18-12)16(21)11(2)3/h5-9,11H,4,10H2,1-3H3. The largest absolute Gasteiger partial charge is 0.461 e. The van der Waals surface area contributed by atoms with E-state index < -0.39 is 5.97 Å². The van der Waals surface area contributed by atoms with Crippen molar-refractivity contribution in [2.45, 2.75) is 27.3 Å². The van der Waals surface area contributed by atoms with E-state index in [4.69, 9.17) is 4.74 Å². The summed E-state index contributed by atoms with van der Waals surface area (Å²) in [6, 6.07) is 7.61. The van der Waals surface area contributed by atoms with E-state index in [1.54, 1.807) is 18.0 Å². The molecule has 0 radical (unpaired) electrons. The number of hydrogen-bond acceptors (Lipinski definition) is 4. The van der Waals surface area contributed by atoms with Crippen molar-refractivity contribution in [3.63, 3.8) is 0 Å². The quantitative estimate of drug-likeness (QED) is 0.817. The molecular weight excluding hydrogens is 294 g/mol. The molecule has 1 aromatic carbocycles. The maximum atomic E-state index is 12.5. The fourth-order valence-corrected chi connectivity index (χ4v) is 2.67. The number of para-hydroxylation sites is 2. The summed E-state index contributed by atoms with van der Waals surface area (Å²) >= 11 is 0. The van der Waals surface area contributed by atoms with Crippen LogP contribution in [0.4, 0.5) is 5.69 Å². The number of nitrogens with zero attached hydrogens (tertiary/aromatic N) is 3. The van der Waals surface area contributed by atoms with Gasteiger partial charge in [0.15, 0.2) is 5.69 Å². The van der Waals surface area contributed by atoms with Crippen molar-refractivity contribution in [3.8, 4) is 5.69 Å². The normalized spacial score (nSPS) is 12.8. The topological polar surface area (TPSA) is 64.4 Å². The van der Waals surface area contributed by atoms with Crippen LogP contribution >= 0.6 is 0 Å². The fraction of sp³-hybridized carbons (Fsp3) is 0.353. The number of amides is 1. The fourth-order valence-electron chi connectivity index (χ4n) is 2.67. The van der Waals surface area contributed by atoms with Gasteiger partial charge < -0.3 is 9.64 Å². The number of carbonyl (C=O) groups is 2. The van der Waals surface area contributed by atoms with E-state index in [-0.39, 0.29) is 17.5 Å². The Morgan fingerprint density at radius 3 is 2.61 bits per heavy atom. The van der Waals surface area contributed by atoms with Crippen LogP contribution in [0.2, 0.25) is 0 Å². The molecule has 0 bridgehead atoms. The highest BCUT2D eigenvalue weighted by Gasteiger charge is 2.30. The van der Waals surface area contributed by atoms with Gasteiger partial charge in [0.25, 0.3) is 0 Å². The molecule has 0 unspecified atom stereocenters. The highest BCUT2D eigenvalue weighted by Crippen LogP contribution is 2.32. The number of carbonyl (C=O) groups excluding carboxylic acids is 2. The summed E-state index contributed by atoms with van der Waals surface area (Å²) in [5, 5.41) is 0. The van der Waals surface area contributed by atoms with Crippen LogP contribution in [0.5, 0.6) is 0 Å². The summed E-state index contributed by atoms with van der Waals surface area (Å²) < 4.78 is 6.86. The molecule has 6 nitrogen and oxygen atoms in total. The first-order chi connectivity index (χ1) is 11.0. The number of ether oxygens (including phenoxy) is 1. The Hall–Kier alpha value is -2.63. The van der Waals surface area contributed by atoms with Crippen molar-refractivity contribution in [2.75, 3.05) is 11.5 Å². The van der Waals surface area contributed by atoms with Crippen molar-refractivity contribution in [1.82, 2.24) is 9.55 Å². The predicted octanol–water partition coefficient (Wildman–Crippen LogP) is 2.55. The second-order valence-corrected chi connectivity index (χ2v) is 5.70. The van der Waals surface area contributed by atoms with Gasteiger partial charge in [-0.2, -0.15) is 0 Å². The summed E-state index contributed by atoms with van der Waals surface area (Å²) in [5.41, 5.74) is 1.92. The van der Waals surface area contributed by atoms with Crippen molar-refractivity contribution < 1.29 is 14.3 Å². The number of aromatic nitrogens is 2. The SMILES string of the molecule is CCOC(=O)c1cn2c(n1)CN(C(=O)C(C)C)c1ccccc1-2. The molecule has 0 spiro atoms. The van der Waals surface area contributed by atoms with E-state index in [9.17, 15) is 9.59 Å². The number of imidazole rings is 1.